The van der Waals surface area contributed by atoms with Gasteiger partial charge in [-0.3, -0.25) is 9.59 Å². The summed E-state index contributed by atoms with van der Waals surface area (Å²) in [5, 5.41) is 0. The van der Waals surface area contributed by atoms with Crippen molar-refractivity contribution in [3.05, 3.63) is 0 Å². The van der Waals surface area contributed by atoms with Gasteiger partial charge in [-0.25, -0.2) is 0 Å². The highest BCUT2D eigenvalue weighted by Crippen LogP contribution is 1.79. The monoisotopic (exact) mass is 162 g/mol. The number of carbonyl (C=O) groups excluding carboxylic acids is 2. The summed E-state index contributed by atoms with van der Waals surface area (Å²) >= 11 is 0. The van der Waals surface area contributed by atoms with E-state index in [-0.39, 0.29) is 11.6 Å². The highest BCUT2D eigenvalue weighted by atomic mass is 16.2. The Bertz CT molecular complexity index is 135. The van der Waals surface area contributed by atoms with Gasteiger partial charge in [-0.2, -0.15) is 0 Å². The lowest BCUT2D eigenvalue weighted by Crippen LogP contribution is -2.06. The van der Waals surface area contributed by atoms with Gasteiger partial charge in [0, 0.05) is 28.1 Å². The van der Waals surface area contributed by atoms with E-state index in [2.05, 4.69) is 0 Å². The topological polar surface area (TPSA) is 34.1 Å². The van der Waals surface area contributed by atoms with Crippen LogP contribution in [0.15, 0.2) is 0 Å². The van der Waals surface area contributed by atoms with Crippen molar-refractivity contribution in [2.24, 2.45) is 0 Å². The van der Waals surface area contributed by atoms with Crippen LogP contribution in [0.25, 0.3) is 0 Å². The number of Topliss-reactive ketones (excluding diaryl/α,β-unsaturated/α-hetero) is 2. The molecule has 0 rings (SSSR count). The maximum absolute atomic E-state index is 10.2. The van der Waals surface area contributed by atoms with E-state index in [0.717, 1.165) is 6.32 Å². The smallest absolute Gasteiger partial charge is 0.197 e. The lowest BCUT2D eigenvalue weighted by Gasteiger charge is -1.81. The van der Waals surface area contributed by atoms with Crippen LogP contribution in [0, 0.1) is 0 Å². The normalized spacial score (nSPS) is 7.58. The van der Waals surface area contributed by atoms with Gasteiger partial charge in [-0.1, -0.05) is 20.2 Å². The Morgan fingerprint density at radius 2 is 1.83 bits per heavy atom. The molecule has 0 aromatic carbocycles. The second-order valence-corrected chi connectivity index (χ2v) is 2.17. The molecule has 0 unspecified atom stereocenters. The largest absolute Gasteiger partial charge is 0.291 e. The van der Waals surface area contributed by atoms with Crippen molar-refractivity contribution in [1.82, 2.24) is 0 Å². The lowest BCUT2D eigenvalue weighted by molar-refractivity contribution is -0.135. The number of rotatable bonds is 4. The molecule has 0 saturated heterocycles. The molecule has 0 amide bonds. The maximum Gasteiger partial charge on any atom is 0.197 e. The van der Waals surface area contributed by atoms with Crippen molar-refractivity contribution in [3.8, 4) is 0 Å². The molecular weight excluding hydrogens is 149 g/mol. The molecule has 0 atom stereocenters. The minimum atomic E-state index is -0.345. The Labute approximate surface area is 77.3 Å². The van der Waals surface area contributed by atoms with Crippen LogP contribution in [0.5, 0.6) is 0 Å². The molecule has 0 aliphatic rings. The molecule has 0 bridgehead atoms. The van der Waals surface area contributed by atoms with Gasteiger partial charge < -0.3 is 0 Å². The third kappa shape index (κ3) is 12.2. The summed E-state index contributed by atoms with van der Waals surface area (Å²) in [5.41, 5.74) is 0. The molecule has 0 aromatic heterocycles. The first kappa shape index (κ1) is 14.1. The van der Waals surface area contributed by atoms with E-state index in [9.17, 15) is 9.59 Å². The van der Waals surface area contributed by atoms with Crippen molar-refractivity contribution in [1.29, 1.82) is 0 Å². The van der Waals surface area contributed by atoms with Gasteiger partial charge in [0.1, 0.15) is 0 Å². The SMILES string of the molecule is CCC(=O)C(C)=O.[B][B][B]CC. The van der Waals surface area contributed by atoms with Crippen LogP contribution in [0.2, 0.25) is 6.32 Å². The fourth-order valence-corrected chi connectivity index (χ4v) is 0.385. The maximum atomic E-state index is 10.2. The zero-order chi connectivity index (χ0) is 9.98. The Balaban J connectivity index is 0. The average Bonchev–Trinajstić information content (AvgIpc) is 2.05. The summed E-state index contributed by atoms with van der Waals surface area (Å²) in [6.45, 7) is 5.00. The molecule has 4 radical (unpaired) electrons. The van der Waals surface area contributed by atoms with Crippen LogP contribution in [0.4, 0.5) is 0 Å². The minimum absolute atomic E-state index is 0.292. The molecule has 0 aromatic rings. The van der Waals surface area contributed by atoms with Crippen LogP contribution in [-0.4, -0.2) is 33.5 Å². The quantitative estimate of drug-likeness (QED) is 0.442. The fraction of sp³-hybridized carbons (Fsp3) is 0.714. The predicted molar refractivity (Wildman–Crippen MR) is 53.7 cm³/mol. The minimum Gasteiger partial charge on any atom is -0.291 e. The molecule has 0 heterocycles. The van der Waals surface area contributed by atoms with E-state index < -0.39 is 0 Å². The van der Waals surface area contributed by atoms with Crippen molar-refractivity contribution in [3.63, 3.8) is 0 Å². The van der Waals surface area contributed by atoms with Crippen LogP contribution >= 0.6 is 0 Å². The molecule has 0 aliphatic heterocycles. The number of hydrogen-bond donors (Lipinski definition) is 0. The van der Waals surface area contributed by atoms with Gasteiger partial charge >= 0.3 is 0 Å². The Morgan fingerprint density at radius 1 is 1.33 bits per heavy atom. The van der Waals surface area contributed by atoms with Crippen molar-refractivity contribution in [2.75, 3.05) is 0 Å². The van der Waals surface area contributed by atoms with E-state index >= 15 is 0 Å². The standard InChI is InChI=1S/C5H8O2.C2H5B3/c1-3-5(7)4(2)6;1-2-4-5-3/h3H2,1-2H3;2H2,1H3. The van der Waals surface area contributed by atoms with E-state index in [1.807, 2.05) is 14.1 Å². The summed E-state index contributed by atoms with van der Waals surface area (Å²) in [4.78, 5) is 20.2. The third-order valence-corrected chi connectivity index (χ3v) is 1.09. The summed E-state index contributed by atoms with van der Waals surface area (Å²) in [7, 11) is 8.42. The zero-order valence-corrected chi connectivity index (χ0v) is 7.96. The highest BCUT2D eigenvalue weighted by Gasteiger charge is 2.00. The average molecular weight is 162 g/mol. The first-order valence-electron chi connectivity index (χ1n) is 4.00. The molecule has 62 valence electrons. The van der Waals surface area contributed by atoms with Gasteiger partial charge in [0.05, 0.1) is 7.17 Å². The fourth-order valence-electron chi connectivity index (χ4n) is 0.385. The lowest BCUT2D eigenvalue weighted by atomic mass is 9.27. The van der Waals surface area contributed by atoms with Crippen LogP contribution in [0.3, 0.4) is 0 Å². The Hall–Kier alpha value is -0.465. The van der Waals surface area contributed by atoms with Crippen LogP contribution < -0.4 is 0 Å². The Kier molecular flexibility index (Phi) is 12.4. The van der Waals surface area contributed by atoms with Crippen molar-refractivity contribution >= 4 is 33.5 Å². The molecule has 0 spiro atoms. The van der Waals surface area contributed by atoms with Crippen molar-refractivity contribution in [2.45, 2.75) is 33.5 Å². The molecule has 0 N–H and O–H groups in total. The first-order chi connectivity index (χ1) is 5.59. The van der Waals surface area contributed by atoms with Crippen LogP contribution in [0.1, 0.15) is 27.2 Å². The predicted octanol–water partition coefficient (Wildman–Crippen LogP) is 0.386. The molecule has 0 aliphatic carbocycles. The van der Waals surface area contributed by atoms with E-state index in [4.69, 9.17) is 7.74 Å². The summed E-state index contributed by atoms with van der Waals surface area (Å²) in [6, 6.07) is 0. The Morgan fingerprint density at radius 3 is 1.83 bits per heavy atom. The summed E-state index contributed by atoms with van der Waals surface area (Å²) < 4.78 is 0. The molecule has 5 heteroatoms. The highest BCUT2D eigenvalue weighted by molar-refractivity contribution is 7.23. The zero-order valence-electron chi connectivity index (χ0n) is 7.96. The second-order valence-electron chi connectivity index (χ2n) is 2.17. The van der Waals surface area contributed by atoms with Gasteiger partial charge in [-0.15, -0.1) is 0 Å². The molecule has 0 saturated carbocycles. The number of hydrogen-bond acceptors (Lipinski definition) is 2. The van der Waals surface area contributed by atoms with E-state index in [1.165, 1.54) is 6.92 Å². The second kappa shape index (κ2) is 10.5. The molecule has 0 fully saturated rings. The summed E-state index contributed by atoms with van der Waals surface area (Å²) in [5.74, 6) is -0.637. The van der Waals surface area contributed by atoms with Gasteiger partial charge in [0.15, 0.2) is 11.6 Å². The van der Waals surface area contributed by atoms with Crippen LogP contribution in [-0.2, 0) is 9.59 Å². The van der Waals surface area contributed by atoms with Gasteiger partial charge in [0.25, 0.3) is 0 Å². The molecule has 12 heavy (non-hydrogen) atoms. The van der Waals surface area contributed by atoms with E-state index in [1.54, 1.807) is 14.0 Å². The van der Waals surface area contributed by atoms with Gasteiger partial charge in [0.2, 0.25) is 0 Å². The molecular formula is C7H13B3O2. The third-order valence-electron chi connectivity index (χ3n) is 1.09. The number of ketones is 2. The number of carbonyl (C=O) groups is 2. The van der Waals surface area contributed by atoms with Gasteiger partial charge in [-0.05, 0) is 0 Å². The van der Waals surface area contributed by atoms with E-state index in [0.29, 0.717) is 6.42 Å². The first-order valence-corrected chi connectivity index (χ1v) is 4.00. The molecule has 2 nitrogen and oxygen atoms in total. The van der Waals surface area contributed by atoms with Crippen molar-refractivity contribution < 1.29 is 9.59 Å². The summed E-state index contributed by atoms with van der Waals surface area (Å²) in [6.07, 6.45) is 1.37.